The average molecular weight is 363 g/mol. The number of anilines is 1. The number of piperidine rings is 1. The molecule has 6 heteroatoms. The quantitative estimate of drug-likeness (QED) is 0.877. The molecule has 3 rings (SSSR count). The topological polar surface area (TPSA) is 59.0 Å². The highest BCUT2D eigenvalue weighted by Gasteiger charge is 2.23. The summed E-state index contributed by atoms with van der Waals surface area (Å²) in [4.78, 5) is 11.9. The van der Waals surface area contributed by atoms with Crippen molar-refractivity contribution in [3.63, 3.8) is 0 Å². The number of aryl methyl sites for hydroxylation is 1. The Morgan fingerprint density at radius 2 is 2.09 bits per heavy atom. The first-order valence-electron chi connectivity index (χ1n) is 7.39. The molecule has 22 heavy (non-hydrogen) atoms. The molecule has 2 N–H and O–H groups in total. The van der Waals surface area contributed by atoms with Gasteiger partial charge in [0.05, 0.1) is 11.9 Å². The fourth-order valence-electron chi connectivity index (χ4n) is 2.86. The van der Waals surface area contributed by atoms with E-state index in [-0.39, 0.29) is 11.6 Å². The summed E-state index contributed by atoms with van der Waals surface area (Å²) in [5.74, 6) is 0.478. The number of nitrogens with one attached hydrogen (secondary N) is 2. The molecule has 0 saturated carbocycles. The highest BCUT2D eigenvalue weighted by atomic mass is 79.9. The molecule has 2 atom stereocenters. The Balaban J connectivity index is 1.73. The van der Waals surface area contributed by atoms with Crippen LogP contribution >= 0.6 is 15.9 Å². The predicted molar refractivity (Wildman–Crippen MR) is 91.3 cm³/mol. The van der Waals surface area contributed by atoms with Crippen LogP contribution < -0.4 is 16.2 Å². The standard InChI is InChI=1S/C16H19BrN4O/c1-21-16(22)15(17)14(10-19-21)20-13-7-12(8-18-9-13)11-5-3-2-4-6-11/h2-6,10,12-13,18,20H,7-9H2,1H3/t12-,13+/m0/s1. The third-order valence-corrected chi connectivity index (χ3v) is 4.83. The summed E-state index contributed by atoms with van der Waals surface area (Å²) >= 11 is 3.36. The van der Waals surface area contributed by atoms with Crippen molar-refractivity contribution in [2.24, 2.45) is 7.05 Å². The first-order valence-corrected chi connectivity index (χ1v) is 8.18. The van der Waals surface area contributed by atoms with Gasteiger partial charge in [0.1, 0.15) is 4.47 Å². The maximum atomic E-state index is 11.9. The van der Waals surface area contributed by atoms with Gasteiger partial charge in [-0.1, -0.05) is 30.3 Å². The minimum atomic E-state index is -0.131. The molecule has 2 heterocycles. The highest BCUT2D eigenvalue weighted by Crippen LogP contribution is 2.26. The summed E-state index contributed by atoms with van der Waals surface area (Å²) in [5, 5.41) is 11.0. The fourth-order valence-corrected chi connectivity index (χ4v) is 3.34. The minimum absolute atomic E-state index is 0.131. The number of nitrogens with zero attached hydrogens (tertiary/aromatic N) is 2. The van der Waals surface area contributed by atoms with Crippen molar-refractivity contribution in [2.45, 2.75) is 18.4 Å². The van der Waals surface area contributed by atoms with Gasteiger partial charge in [-0.25, -0.2) is 4.68 Å². The normalized spacial score (nSPS) is 21.5. The first kappa shape index (κ1) is 15.2. The molecule has 0 radical (unpaired) electrons. The van der Waals surface area contributed by atoms with Crippen LogP contribution in [0.4, 0.5) is 5.69 Å². The van der Waals surface area contributed by atoms with E-state index in [1.807, 2.05) is 6.07 Å². The number of hydrogen-bond donors (Lipinski definition) is 2. The number of halogens is 1. The zero-order chi connectivity index (χ0) is 15.5. The molecule has 1 aliphatic rings. The summed E-state index contributed by atoms with van der Waals surface area (Å²) in [5.41, 5.74) is 1.97. The maximum Gasteiger partial charge on any atom is 0.282 e. The van der Waals surface area contributed by atoms with Crippen LogP contribution in [0.25, 0.3) is 0 Å². The van der Waals surface area contributed by atoms with E-state index >= 15 is 0 Å². The van der Waals surface area contributed by atoms with Crippen LogP contribution in [0.3, 0.4) is 0 Å². The van der Waals surface area contributed by atoms with E-state index in [1.165, 1.54) is 10.2 Å². The van der Waals surface area contributed by atoms with Crippen molar-refractivity contribution in [2.75, 3.05) is 18.4 Å². The Morgan fingerprint density at radius 3 is 2.86 bits per heavy atom. The molecular formula is C16H19BrN4O. The molecule has 0 unspecified atom stereocenters. The molecule has 1 fully saturated rings. The summed E-state index contributed by atoms with van der Waals surface area (Å²) < 4.78 is 1.85. The molecule has 2 aromatic rings. The van der Waals surface area contributed by atoms with E-state index < -0.39 is 0 Å². The van der Waals surface area contributed by atoms with Gasteiger partial charge in [0.15, 0.2) is 0 Å². The average Bonchev–Trinajstić information content (AvgIpc) is 2.57. The van der Waals surface area contributed by atoms with Crippen LogP contribution in [-0.4, -0.2) is 28.9 Å². The van der Waals surface area contributed by atoms with E-state index in [1.54, 1.807) is 13.2 Å². The molecule has 0 bridgehead atoms. The van der Waals surface area contributed by atoms with E-state index in [2.05, 4.69) is 55.9 Å². The largest absolute Gasteiger partial charge is 0.379 e. The Labute approximate surface area is 137 Å². The number of rotatable bonds is 3. The number of benzene rings is 1. The van der Waals surface area contributed by atoms with Crippen LogP contribution in [0, 0.1) is 0 Å². The summed E-state index contributed by atoms with van der Waals surface area (Å²) in [7, 11) is 1.64. The molecule has 0 spiro atoms. The van der Waals surface area contributed by atoms with Crippen LogP contribution in [-0.2, 0) is 7.05 Å². The maximum absolute atomic E-state index is 11.9. The van der Waals surface area contributed by atoms with Crippen molar-refractivity contribution >= 4 is 21.6 Å². The lowest BCUT2D eigenvalue weighted by molar-refractivity contribution is 0.428. The monoisotopic (exact) mass is 362 g/mol. The molecule has 116 valence electrons. The van der Waals surface area contributed by atoms with Gasteiger partial charge in [0.25, 0.3) is 5.56 Å². The lowest BCUT2D eigenvalue weighted by Gasteiger charge is -2.31. The van der Waals surface area contributed by atoms with Crippen LogP contribution in [0.5, 0.6) is 0 Å². The van der Waals surface area contributed by atoms with E-state index in [0.29, 0.717) is 10.4 Å². The molecule has 5 nitrogen and oxygen atoms in total. The van der Waals surface area contributed by atoms with E-state index in [0.717, 1.165) is 25.2 Å². The minimum Gasteiger partial charge on any atom is -0.379 e. The Morgan fingerprint density at radius 1 is 1.32 bits per heavy atom. The molecule has 1 aromatic carbocycles. The summed E-state index contributed by atoms with van der Waals surface area (Å²) in [6.07, 6.45) is 2.72. The van der Waals surface area contributed by atoms with Crippen molar-refractivity contribution < 1.29 is 0 Å². The van der Waals surface area contributed by atoms with Crippen LogP contribution in [0.2, 0.25) is 0 Å². The molecule has 1 aliphatic heterocycles. The van der Waals surface area contributed by atoms with Crippen LogP contribution in [0.1, 0.15) is 17.9 Å². The highest BCUT2D eigenvalue weighted by molar-refractivity contribution is 9.10. The van der Waals surface area contributed by atoms with Crippen LogP contribution in [0.15, 0.2) is 45.8 Å². The Kier molecular flexibility index (Phi) is 4.59. The van der Waals surface area contributed by atoms with Gasteiger partial charge in [0.2, 0.25) is 0 Å². The summed E-state index contributed by atoms with van der Waals surface area (Å²) in [6, 6.07) is 10.8. The van der Waals surface area contributed by atoms with Gasteiger partial charge in [-0.3, -0.25) is 4.79 Å². The molecule has 1 aromatic heterocycles. The second-order valence-electron chi connectivity index (χ2n) is 5.64. The molecule has 0 amide bonds. The lowest BCUT2D eigenvalue weighted by atomic mass is 9.89. The number of aromatic nitrogens is 2. The van der Waals surface area contributed by atoms with Crippen molar-refractivity contribution in [3.05, 3.63) is 56.9 Å². The number of hydrogen-bond acceptors (Lipinski definition) is 4. The predicted octanol–water partition coefficient (Wildman–Crippen LogP) is 2.10. The fraction of sp³-hybridized carbons (Fsp3) is 0.375. The van der Waals surface area contributed by atoms with Gasteiger partial charge in [0, 0.05) is 26.2 Å². The summed E-state index contributed by atoms with van der Waals surface area (Å²) in [6.45, 7) is 1.86. The zero-order valence-electron chi connectivity index (χ0n) is 12.4. The third-order valence-electron chi connectivity index (χ3n) is 4.06. The third kappa shape index (κ3) is 3.23. The first-order chi connectivity index (χ1) is 10.6. The lowest BCUT2D eigenvalue weighted by Crippen LogP contribution is -2.42. The van der Waals surface area contributed by atoms with Gasteiger partial charge in [-0.15, -0.1) is 0 Å². The van der Waals surface area contributed by atoms with Crippen molar-refractivity contribution in [3.8, 4) is 0 Å². The smallest absolute Gasteiger partial charge is 0.282 e. The van der Waals surface area contributed by atoms with Gasteiger partial charge in [-0.2, -0.15) is 5.10 Å². The SMILES string of the molecule is Cn1ncc(N[C@H]2CNC[C@@H](c3ccccc3)C2)c(Br)c1=O. The Bertz CT molecular complexity index is 701. The van der Waals surface area contributed by atoms with Gasteiger partial charge >= 0.3 is 0 Å². The molecule has 0 aliphatic carbocycles. The van der Waals surface area contributed by atoms with E-state index in [4.69, 9.17) is 0 Å². The van der Waals surface area contributed by atoms with Gasteiger partial charge in [-0.05, 0) is 33.8 Å². The van der Waals surface area contributed by atoms with E-state index in [9.17, 15) is 4.79 Å². The Hall–Kier alpha value is -1.66. The van der Waals surface area contributed by atoms with Crippen molar-refractivity contribution in [1.82, 2.24) is 15.1 Å². The zero-order valence-corrected chi connectivity index (χ0v) is 14.0. The second kappa shape index (κ2) is 6.62. The van der Waals surface area contributed by atoms with Gasteiger partial charge < -0.3 is 10.6 Å². The van der Waals surface area contributed by atoms with Crippen molar-refractivity contribution in [1.29, 1.82) is 0 Å². The second-order valence-corrected chi connectivity index (χ2v) is 6.44. The molecular weight excluding hydrogens is 344 g/mol. The molecule has 1 saturated heterocycles.